The lowest BCUT2D eigenvalue weighted by molar-refractivity contribution is 0.0698. The van der Waals surface area contributed by atoms with Crippen LogP contribution >= 0.6 is 0 Å². The molecule has 0 aromatic heterocycles. The minimum atomic E-state index is -0.782. The number of hydrogen-bond acceptors (Lipinski definition) is 6. The highest BCUT2D eigenvalue weighted by atomic mass is 16.7. The van der Waals surface area contributed by atoms with Crippen LogP contribution in [0.1, 0.15) is 40.5 Å². The van der Waals surface area contributed by atoms with Crippen LogP contribution in [-0.4, -0.2) is 48.6 Å². The Hall–Kier alpha value is -3.55. The van der Waals surface area contributed by atoms with Gasteiger partial charge in [0.25, 0.3) is 11.8 Å². The summed E-state index contributed by atoms with van der Waals surface area (Å²) in [5.41, 5.74) is 7.36. The van der Waals surface area contributed by atoms with Crippen LogP contribution in [0.4, 0.5) is 10.5 Å². The van der Waals surface area contributed by atoms with Crippen LogP contribution in [0.3, 0.4) is 0 Å². The van der Waals surface area contributed by atoms with E-state index in [1.54, 1.807) is 60.4 Å². The van der Waals surface area contributed by atoms with Gasteiger partial charge in [0, 0.05) is 35.9 Å². The summed E-state index contributed by atoms with van der Waals surface area (Å²) < 4.78 is 9.69. The summed E-state index contributed by atoms with van der Waals surface area (Å²) in [5.74, 6) is 0.0671. The maximum atomic E-state index is 12.6. The third kappa shape index (κ3) is 5.50. The van der Waals surface area contributed by atoms with Gasteiger partial charge in [0.1, 0.15) is 5.75 Å². The van der Waals surface area contributed by atoms with Gasteiger partial charge in [-0.1, -0.05) is 0 Å². The monoisotopic (exact) mass is 411 g/mol. The molecule has 3 rings (SSSR count). The molecule has 0 spiro atoms. The van der Waals surface area contributed by atoms with E-state index in [1.165, 1.54) is 0 Å². The van der Waals surface area contributed by atoms with Crippen LogP contribution in [0, 0.1) is 0 Å². The summed E-state index contributed by atoms with van der Waals surface area (Å²) in [6.45, 7) is 3.05. The first-order valence-corrected chi connectivity index (χ1v) is 9.86. The molecule has 1 aliphatic rings. The third-order valence-corrected chi connectivity index (χ3v) is 4.85. The van der Waals surface area contributed by atoms with Gasteiger partial charge in [-0.15, -0.1) is 0 Å². The number of nitrogens with zero attached hydrogens (tertiary/aromatic N) is 1. The van der Waals surface area contributed by atoms with Crippen molar-refractivity contribution in [3.63, 3.8) is 0 Å². The van der Waals surface area contributed by atoms with Crippen molar-refractivity contribution in [2.45, 2.75) is 25.8 Å². The first-order chi connectivity index (χ1) is 14.5. The number of likely N-dealkylation sites (tertiary alicyclic amines) is 1. The lowest BCUT2D eigenvalue weighted by Crippen LogP contribution is -2.46. The second-order valence-corrected chi connectivity index (χ2v) is 6.97. The molecule has 3 N–H and O–H groups in total. The Morgan fingerprint density at radius 1 is 1.00 bits per heavy atom. The number of hydrogen-bond donors (Lipinski definition) is 2. The van der Waals surface area contributed by atoms with Crippen LogP contribution in [0.2, 0.25) is 0 Å². The fourth-order valence-electron chi connectivity index (χ4n) is 3.22. The Morgan fingerprint density at radius 3 is 2.20 bits per heavy atom. The number of ether oxygens (including phenoxy) is 2. The molecule has 8 nitrogen and oxygen atoms in total. The molecule has 1 fully saturated rings. The average Bonchev–Trinajstić information content (AvgIpc) is 2.75. The Balaban J connectivity index is 1.48. The van der Waals surface area contributed by atoms with Crippen LogP contribution < -0.4 is 15.8 Å². The number of anilines is 1. The molecular formula is C22H25N3O5. The Kier molecular flexibility index (Phi) is 6.90. The van der Waals surface area contributed by atoms with Gasteiger partial charge in [-0.2, -0.15) is 0 Å². The number of carbonyl (C=O) groups excluding carboxylic acids is 3. The lowest BCUT2D eigenvalue weighted by atomic mass is 10.0. The number of benzene rings is 2. The van der Waals surface area contributed by atoms with E-state index in [0.29, 0.717) is 48.5 Å². The zero-order chi connectivity index (χ0) is 21.5. The van der Waals surface area contributed by atoms with E-state index in [1.807, 2.05) is 0 Å². The molecular weight excluding hydrogens is 386 g/mol. The summed E-state index contributed by atoms with van der Waals surface area (Å²) in [6.07, 6.45) is 0.572. The minimum absolute atomic E-state index is 0.0107. The van der Waals surface area contributed by atoms with Gasteiger partial charge in [-0.25, -0.2) is 4.79 Å². The van der Waals surface area contributed by atoms with Crippen molar-refractivity contribution >= 4 is 23.7 Å². The van der Waals surface area contributed by atoms with Crippen molar-refractivity contribution < 1.29 is 23.9 Å². The number of rotatable bonds is 5. The second-order valence-electron chi connectivity index (χ2n) is 6.97. The Labute approximate surface area is 174 Å². The van der Waals surface area contributed by atoms with Gasteiger partial charge < -0.3 is 25.4 Å². The van der Waals surface area contributed by atoms with Crippen LogP contribution in [0.25, 0.3) is 0 Å². The number of carbonyl (C=O) groups is 3. The summed E-state index contributed by atoms with van der Waals surface area (Å²) in [6, 6.07) is 13.1. The van der Waals surface area contributed by atoms with Crippen molar-refractivity contribution in [2.24, 2.45) is 0 Å². The zero-order valence-electron chi connectivity index (χ0n) is 16.8. The molecule has 0 atom stereocenters. The quantitative estimate of drug-likeness (QED) is 0.445. The number of piperidine rings is 1. The molecule has 1 aliphatic heterocycles. The molecule has 2 aromatic carbocycles. The number of amides is 2. The second kappa shape index (κ2) is 9.78. The molecule has 0 aliphatic carbocycles. The highest BCUT2D eigenvalue weighted by molar-refractivity contribution is 5.95. The summed E-state index contributed by atoms with van der Waals surface area (Å²) in [7, 11) is 0. The van der Waals surface area contributed by atoms with E-state index in [2.05, 4.69) is 5.32 Å². The van der Waals surface area contributed by atoms with Crippen molar-refractivity contribution in [2.75, 3.05) is 25.4 Å². The minimum Gasteiger partial charge on any atom is -0.434 e. The SMILES string of the molecule is CCOC(=O)Oc1ccc(C(=O)NC2CCN(C(=O)c3ccc(N)cc3)CC2)cc1. The average molecular weight is 411 g/mol. The van der Waals surface area contributed by atoms with Crippen molar-refractivity contribution in [3.8, 4) is 5.75 Å². The van der Waals surface area contributed by atoms with E-state index in [4.69, 9.17) is 15.2 Å². The molecule has 0 radical (unpaired) electrons. The largest absolute Gasteiger partial charge is 0.513 e. The third-order valence-electron chi connectivity index (χ3n) is 4.85. The molecule has 0 saturated carbocycles. The number of nitrogens with one attached hydrogen (secondary N) is 1. The van der Waals surface area contributed by atoms with Gasteiger partial charge in [-0.05, 0) is 68.3 Å². The molecule has 30 heavy (non-hydrogen) atoms. The predicted molar refractivity (Wildman–Crippen MR) is 111 cm³/mol. The van der Waals surface area contributed by atoms with Crippen LogP contribution in [0.15, 0.2) is 48.5 Å². The van der Waals surface area contributed by atoms with Crippen LogP contribution in [0.5, 0.6) is 5.75 Å². The Bertz CT molecular complexity index is 888. The number of nitrogen functional groups attached to an aromatic ring is 1. The van der Waals surface area contributed by atoms with E-state index in [9.17, 15) is 14.4 Å². The van der Waals surface area contributed by atoms with E-state index >= 15 is 0 Å². The fourth-order valence-corrected chi connectivity index (χ4v) is 3.22. The van der Waals surface area contributed by atoms with Gasteiger partial charge in [0.2, 0.25) is 0 Å². The maximum Gasteiger partial charge on any atom is 0.513 e. The van der Waals surface area contributed by atoms with Crippen molar-refractivity contribution in [3.05, 3.63) is 59.7 Å². The number of nitrogens with two attached hydrogens (primary N) is 1. The fraction of sp³-hybridized carbons (Fsp3) is 0.318. The molecule has 1 heterocycles. The van der Waals surface area contributed by atoms with Gasteiger partial charge >= 0.3 is 6.16 Å². The molecule has 1 saturated heterocycles. The van der Waals surface area contributed by atoms with Gasteiger partial charge in [0.15, 0.2) is 0 Å². The van der Waals surface area contributed by atoms with E-state index in [-0.39, 0.29) is 24.5 Å². The summed E-state index contributed by atoms with van der Waals surface area (Å²) in [5, 5.41) is 3.00. The molecule has 0 unspecified atom stereocenters. The van der Waals surface area contributed by atoms with Gasteiger partial charge in [-0.3, -0.25) is 9.59 Å². The first-order valence-electron chi connectivity index (χ1n) is 9.86. The van der Waals surface area contributed by atoms with Crippen molar-refractivity contribution in [1.82, 2.24) is 10.2 Å². The maximum absolute atomic E-state index is 12.6. The standard InChI is InChI=1S/C22H25N3O5/c1-2-29-22(28)30-19-9-5-15(6-10-19)20(26)24-18-11-13-25(14-12-18)21(27)16-3-7-17(23)8-4-16/h3-10,18H,2,11-14,23H2,1H3,(H,24,26). The highest BCUT2D eigenvalue weighted by Gasteiger charge is 2.25. The van der Waals surface area contributed by atoms with E-state index in [0.717, 1.165) is 0 Å². The summed E-state index contributed by atoms with van der Waals surface area (Å²) >= 11 is 0. The topological polar surface area (TPSA) is 111 Å². The molecule has 0 bridgehead atoms. The zero-order valence-corrected chi connectivity index (χ0v) is 16.8. The normalized spacial score (nSPS) is 14.1. The predicted octanol–water partition coefficient (Wildman–Crippen LogP) is 2.84. The molecule has 158 valence electrons. The molecule has 2 amide bonds. The lowest BCUT2D eigenvalue weighted by Gasteiger charge is -2.32. The van der Waals surface area contributed by atoms with Crippen LogP contribution in [-0.2, 0) is 4.74 Å². The van der Waals surface area contributed by atoms with Gasteiger partial charge in [0.05, 0.1) is 6.61 Å². The van der Waals surface area contributed by atoms with Crippen molar-refractivity contribution in [1.29, 1.82) is 0 Å². The smallest absolute Gasteiger partial charge is 0.434 e. The first kappa shape index (κ1) is 21.2. The Morgan fingerprint density at radius 2 is 1.60 bits per heavy atom. The van der Waals surface area contributed by atoms with E-state index < -0.39 is 6.16 Å². The molecule has 8 heteroatoms. The molecule has 2 aromatic rings. The highest BCUT2D eigenvalue weighted by Crippen LogP contribution is 2.17. The summed E-state index contributed by atoms with van der Waals surface area (Å²) in [4.78, 5) is 38.1.